The van der Waals surface area contributed by atoms with Gasteiger partial charge in [0.2, 0.25) is 0 Å². The topological polar surface area (TPSA) is 81.4 Å². The number of methoxy groups -OCH3 is 1. The Morgan fingerprint density at radius 2 is 1.50 bits per heavy atom. The number of esters is 1. The molecular formula is C25H20N2O3. The summed E-state index contributed by atoms with van der Waals surface area (Å²) in [6.45, 7) is 0. The van der Waals surface area contributed by atoms with E-state index < -0.39 is 0 Å². The number of nitrogens with two attached hydrogens (primary N) is 1. The molecule has 0 saturated carbocycles. The molecule has 5 heteroatoms. The van der Waals surface area contributed by atoms with Crippen molar-refractivity contribution < 1.29 is 14.3 Å². The van der Waals surface area contributed by atoms with Crippen LogP contribution in [-0.4, -0.2) is 19.0 Å². The van der Waals surface area contributed by atoms with Crippen molar-refractivity contribution in [2.75, 3.05) is 18.2 Å². The van der Waals surface area contributed by atoms with Crippen LogP contribution in [0.2, 0.25) is 0 Å². The van der Waals surface area contributed by atoms with Crippen LogP contribution in [0, 0.1) is 0 Å². The van der Waals surface area contributed by atoms with Crippen LogP contribution in [0.5, 0.6) is 0 Å². The molecule has 0 spiro atoms. The second-order valence-electron chi connectivity index (χ2n) is 6.93. The van der Waals surface area contributed by atoms with Gasteiger partial charge in [0.15, 0.2) is 0 Å². The number of amides is 1. The summed E-state index contributed by atoms with van der Waals surface area (Å²) in [7, 11) is 1.36. The van der Waals surface area contributed by atoms with Gasteiger partial charge in [-0.25, -0.2) is 4.79 Å². The quantitative estimate of drug-likeness (QED) is 0.370. The van der Waals surface area contributed by atoms with Gasteiger partial charge >= 0.3 is 5.97 Å². The van der Waals surface area contributed by atoms with E-state index in [0.29, 0.717) is 22.5 Å². The molecule has 5 nitrogen and oxygen atoms in total. The summed E-state index contributed by atoms with van der Waals surface area (Å²) >= 11 is 0. The van der Waals surface area contributed by atoms with Crippen molar-refractivity contribution in [2.24, 2.45) is 0 Å². The summed E-state index contributed by atoms with van der Waals surface area (Å²) in [5, 5.41) is 4.86. The Bertz CT molecular complexity index is 1250. The fraction of sp³-hybridized carbons (Fsp3) is 0.0400. The molecule has 0 heterocycles. The molecule has 4 aromatic rings. The van der Waals surface area contributed by atoms with E-state index in [2.05, 4.69) is 5.32 Å². The molecule has 0 radical (unpaired) electrons. The summed E-state index contributed by atoms with van der Waals surface area (Å²) in [5.41, 5.74) is 10.1. The van der Waals surface area contributed by atoms with Crippen LogP contribution in [-0.2, 0) is 4.74 Å². The summed E-state index contributed by atoms with van der Waals surface area (Å²) in [5.74, 6) is -0.562. The highest BCUT2D eigenvalue weighted by Gasteiger charge is 2.09. The molecule has 30 heavy (non-hydrogen) atoms. The number of nitrogens with one attached hydrogen (secondary N) is 1. The normalized spacial score (nSPS) is 10.6. The molecule has 0 fully saturated rings. The van der Waals surface area contributed by atoms with Gasteiger partial charge in [0.05, 0.1) is 12.7 Å². The second kappa shape index (κ2) is 8.09. The standard InChI is InChI=1S/C25H20N2O3/c1-30-25(29)21-4-2-3-17(14-21)16-8-11-23(12-9-16)27-24(28)20-6-5-19-15-22(26)10-7-18(19)13-20/h2-15H,26H2,1H3,(H,27,28). The number of hydrogen-bond acceptors (Lipinski definition) is 4. The number of carbonyl (C=O) groups excluding carboxylic acids is 2. The molecule has 4 aromatic carbocycles. The first kappa shape index (κ1) is 19.2. The van der Waals surface area contributed by atoms with Gasteiger partial charge in [-0.3, -0.25) is 4.79 Å². The largest absolute Gasteiger partial charge is 0.465 e. The number of carbonyl (C=O) groups is 2. The van der Waals surface area contributed by atoms with Crippen molar-refractivity contribution in [1.82, 2.24) is 0 Å². The van der Waals surface area contributed by atoms with Crippen LogP contribution in [0.1, 0.15) is 20.7 Å². The van der Waals surface area contributed by atoms with Crippen molar-refractivity contribution in [3.63, 3.8) is 0 Å². The van der Waals surface area contributed by atoms with Crippen LogP contribution >= 0.6 is 0 Å². The van der Waals surface area contributed by atoms with Gasteiger partial charge in [0.1, 0.15) is 0 Å². The maximum Gasteiger partial charge on any atom is 0.337 e. The summed E-state index contributed by atoms with van der Waals surface area (Å²) in [6.07, 6.45) is 0. The highest BCUT2D eigenvalue weighted by molar-refractivity contribution is 6.06. The first-order chi connectivity index (χ1) is 14.5. The minimum absolute atomic E-state index is 0.186. The second-order valence-corrected chi connectivity index (χ2v) is 6.93. The molecule has 0 atom stereocenters. The number of fused-ring (bicyclic) bond motifs is 1. The smallest absolute Gasteiger partial charge is 0.337 e. The molecule has 1 amide bonds. The lowest BCUT2D eigenvalue weighted by molar-refractivity contribution is 0.0600. The lowest BCUT2D eigenvalue weighted by Crippen LogP contribution is -2.11. The molecule has 0 unspecified atom stereocenters. The van der Waals surface area contributed by atoms with Crippen LogP contribution in [0.25, 0.3) is 21.9 Å². The van der Waals surface area contributed by atoms with Crippen molar-refractivity contribution in [3.8, 4) is 11.1 Å². The Morgan fingerprint density at radius 1 is 0.767 bits per heavy atom. The van der Waals surface area contributed by atoms with Gasteiger partial charge in [0, 0.05) is 16.9 Å². The number of ether oxygens (including phenoxy) is 1. The molecule has 0 aliphatic carbocycles. The average Bonchev–Trinajstić information content (AvgIpc) is 2.78. The van der Waals surface area contributed by atoms with E-state index in [1.54, 1.807) is 18.2 Å². The maximum absolute atomic E-state index is 12.6. The molecule has 0 aliphatic heterocycles. The monoisotopic (exact) mass is 396 g/mol. The van der Waals surface area contributed by atoms with Gasteiger partial charge in [-0.05, 0) is 70.4 Å². The highest BCUT2D eigenvalue weighted by atomic mass is 16.5. The molecule has 0 aliphatic rings. The lowest BCUT2D eigenvalue weighted by atomic mass is 10.0. The summed E-state index contributed by atoms with van der Waals surface area (Å²) < 4.78 is 4.77. The average molecular weight is 396 g/mol. The number of anilines is 2. The molecule has 0 saturated heterocycles. The number of hydrogen-bond donors (Lipinski definition) is 2. The van der Waals surface area contributed by atoms with Gasteiger partial charge < -0.3 is 15.8 Å². The van der Waals surface area contributed by atoms with E-state index in [-0.39, 0.29) is 11.9 Å². The van der Waals surface area contributed by atoms with E-state index in [4.69, 9.17) is 10.5 Å². The van der Waals surface area contributed by atoms with E-state index in [1.807, 2.05) is 66.7 Å². The molecular weight excluding hydrogens is 376 g/mol. The number of rotatable bonds is 4. The molecule has 148 valence electrons. The zero-order chi connectivity index (χ0) is 21.1. The zero-order valence-electron chi connectivity index (χ0n) is 16.4. The molecule has 4 rings (SSSR count). The minimum Gasteiger partial charge on any atom is -0.465 e. The fourth-order valence-corrected chi connectivity index (χ4v) is 3.30. The molecule has 3 N–H and O–H groups in total. The fourth-order valence-electron chi connectivity index (χ4n) is 3.30. The SMILES string of the molecule is COC(=O)c1cccc(-c2ccc(NC(=O)c3ccc4cc(N)ccc4c3)cc2)c1. The van der Waals surface area contributed by atoms with Crippen LogP contribution in [0.3, 0.4) is 0 Å². The highest BCUT2D eigenvalue weighted by Crippen LogP contribution is 2.24. The van der Waals surface area contributed by atoms with E-state index in [9.17, 15) is 9.59 Å². The Morgan fingerprint density at radius 3 is 2.27 bits per heavy atom. The minimum atomic E-state index is -0.376. The Balaban J connectivity index is 1.51. The van der Waals surface area contributed by atoms with Crippen molar-refractivity contribution in [3.05, 3.63) is 96.1 Å². The third-order valence-corrected chi connectivity index (χ3v) is 4.89. The van der Waals surface area contributed by atoms with E-state index in [0.717, 1.165) is 21.9 Å². The van der Waals surface area contributed by atoms with Crippen molar-refractivity contribution >= 4 is 34.0 Å². The molecule has 0 aromatic heterocycles. The van der Waals surface area contributed by atoms with Crippen LogP contribution in [0.15, 0.2) is 84.9 Å². The van der Waals surface area contributed by atoms with Crippen LogP contribution in [0.4, 0.5) is 11.4 Å². The predicted molar refractivity (Wildman–Crippen MR) is 120 cm³/mol. The zero-order valence-corrected chi connectivity index (χ0v) is 16.4. The Labute approximate surface area is 174 Å². The van der Waals surface area contributed by atoms with Gasteiger partial charge in [-0.2, -0.15) is 0 Å². The van der Waals surface area contributed by atoms with Gasteiger partial charge in [0.25, 0.3) is 5.91 Å². The number of nitrogen functional groups attached to an aromatic ring is 1. The maximum atomic E-state index is 12.6. The molecule has 0 bridgehead atoms. The van der Waals surface area contributed by atoms with Gasteiger partial charge in [-0.15, -0.1) is 0 Å². The van der Waals surface area contributed by atoms with Crippen molar-refractivity contribution in [1.29, 1.82) is 0 Å². The van der Waals surface area contributed by atoms with Crippen LogP contribution < -0.4 is 11.1 Å². The van der Waals surface area contributed by atoms with E-state index in [1.165, 1.54) is 7.11 Å². The Hall–Kier alpha value is -4.12. The Kier molecular flexibility index (Phi) is 5.18. The first-order valence-electron chi connectivity index (χ1n) is 9.43. The van der Waals surface area contributed by atoms with Crippen molar-refractivity contribution in [2.45, 2.75) is 0 Å². The third-order valence-electron chi connectivity index (χ3n) is 4.89. The summed E-state index contributed by atoms with van der Waals surface area (Å²) in [4.78, 5) is 24.4. The lowest BCUT2D eigenvalue weighted by Gasteiger charge is -2.09. The summed E-state index contributed by atoms with van der Waals surface area (Å²) in [6, 6.07) is 25.8. The first-order valence-corrected chi connectivity index (χ1v) is 9.43. The number of benzene rings is 4. The predicted octanol–water partition coefficient (Wildman–Crippen LogP) is 5.13. The van der Waals surface area contributed by atoms with E-state index >= 15 is 0 Å². The van der Waals surface area contributed by atoms with Gasteiger partial charge in [-0.1, -0.05) is 36.4 Å². The third kappa shape index (κ3) is 4.00.